The van der Waals surface area contributed by atoms with Crippen LogP contribution in [-0.2, 0) is 25.0 Å². The van der Waals surface area contributed by atoms with Crippen LogP contribution < -0.4 is 30.7 Å². The number of aryl methyl sites for hydroxylation is 1. The number of likely N-dealkylation sites (tertiary alicyclic amines) is 1. The van der Waals surface area contributed by atoms with Crippen molar-refractivity contribution in [3.63, 3.8) is 0 Å². The number of halogens is 4. The molecular formula is C64H72ClF3N12O9S2. The number of hydrogen-bond acceptors (Lipinski definition) is 16. The van der Waals surface area contributed by atoms with Crippen molar-refractivity contribution < 1.29 is 50.4 Å². The van der Waals surface area contributed by atoms with E-state index in [0.29, 0.717) is 66.7 Å². The molecule has 482 valence electrons. The highest BCUT2D eigenvalue weighted by Crippen LogP contribution is 2.45. The summed E-state index contributed by atoms with van der Waals surface area (Å²) in [5.74, 6) is -0.755. The Bertz CT molecular complexity index is 4000. The third-order valence-electron chi connectivity index (χ3n) is 17.2. The molecule has 0 bridgehead atoms. The number of primary amides is 1. The Hall–Kier alpha value is -8.17. The lowest BCUT2D eigenvalue weighted by molar-refractivity contribution is -0.384. The van der Waals surface area contributed by atoms with Crippen LogP contribution in [0.15, 0.2) is 114 Å². The van der Waals surface area contributed by atoms with Gasteiger partial charge in [-0.2, -0.15) is 13.2 Å². The van der Waals surface area contributed by atoms with Crippen LogP contribution >= 0.6 is 22.9 Å². The van der Waals surface area contributed by atoms with Gasteiger partial charge in [-0.3, -0.25) is 34.9 Å². The van der Waals surface area contributed by atoms with E-state index in [1.807, 2.05) is 18.2 Å². The molecule has 7 aromatic rings. The number of pyridine rings is 2. The lowest BCUT2D eigenvalue weighted by atomic mass is 9.72. The summed E-state index contributed by atoms with van der Waals surface area (Å²) in [5.41, 5.74) is 9.77. The quantitative estimate of drug-likeness (QED) is 0.0419. The SMILES string of the molecule is CC1(C)CCC(CN2CCN(c3ccc(C(=O)NS(=O)(=O)c4ccc(NCC5CCOCC5)c([N+](=O)[O-])c4)c(Oc4cnc5[nH]ccc5c4)c3)CC2)=C(c2ccc(Cl)cc2)C1.Cc1nc(NC(=O)N2CCCC2C(N)=O)sc1-c1ccnc(C(C)(C)C(F)(F)F)c1. The molecule has 11 rings (SSSR count). The number of benzene rings is 3. The normalized spacial score (nSPS) is 17.5. The number of nitro groups is 1. The van der Waals surface area contributed by atoms with Crippen LogP contribution in [0.3, 0.4) is 0 Å². The summed E-state index contributed by atoms with van der Waals surface area (Å²) in [6.07, 6.45) is 6.20. The fraction of sp³-hybridized carbons (Fsp3) is 0.406. The van der Waals surface area contributed by atoms with Crippen LogP contribution in [0, 0.1) is 28.4 Å². The minimum absolute atomic E-state index is 0.0359. The Morgan fingerprint density at radius 3 is 2.41 bits per heavy atom. The maximum absolute atomic E-state index is 13.9. The molecule has 1 unspecified atom stereocenters. The number of urea groups is 1. The van der Waals surface area contributed by atoms with Crippen LogP contribution in [0.1, 0.15) is 99.9 Å². The molecule has 0 radical (unpaired) electrons. The smallest absolute Gasteiger partial charge is 0.399 e. The zero-order valence-electron chi connectivity index (χ0n) is 51.0. The number of fused-ring (bicyclic) bond motifs is 1. The lowest BCUT2D eigenvalue weighted by Crippen LogP contribution is -2.47. The number of nitrogens with one attached hydrogen (secondary N) is 4. The van der Waals surface area contributed by atoms with Crippen LogP contribution in [-0.4, -0.2) is 132 Å². The van der Waals surface area contributed by atoms with E-state index in [0.717, 1.165) is 112 Å². The van der Waals surface area contributed by atoms with Gasteiger partial charge in [-0.05, 0) is 154 Å². The first-order valence-corrected chi connectivity index (χ1v) is 32.6. The van der Waals surface area contributed by atoms with E-state index in [-0.39, 0.29) is 39.2 Å². The maximum atomic E-state index is 13.9. The van der Waals surface area contributed by atoms with Crippen molar-refractivity contribution in [2.24, 2.45) is 17.1 Å². The summed E-state index contributed by atoms with van der Waals surface area (Å²) < 4.78 is 81.3. The molecule has 21 nitrogen and oxygen atoms in total. The van der Waals surface area contributed by atoms with E-state index in [2.05, 4.69) is 71.1 Å². The molecule has 0 spiro atoms. The Morgan fingerprint density at radius 1 is 0.945 bits per heavy atom. The first kappa shape index (κ1) is 65.8. The molecular weight excluding hydrogens is 1240 g/mol. The number of rotatable bonds is 17. The van der Waals surface area contributed by atoms with Gasteiger partial charge in [0, 0.05) is 99.6 Å². The first-order chi connectivity index (χ1) is 43.2. The molecule has 27 heteroatoms. The largest absolute Gasteiger partial charge is 0.455 e. The van der Waals surface area contributed by atoms with Crippen LogP contribution in [0.5, 0.6) is 11.5 Å². The molecule has 7 heterocycles. The van der Waals surface area contributed by atoms with Crippen molar-refractivity contribution in [2.75, 3.05) is 74.6 Å². The number of hydrogen-bond donors (Lipinski definition) is 5. The number of nitrogens with two attached hydrogens (primary N) is 1. The Kier molecular flexibility index (Phi) is 19.8. The van der Waals surface area contributed by atoms with Crippen molar-refractivity contribution in [2.45, 2.75) is 102 Å². The topological polar surface area (TPSA) is 273 Å². The average Bonchev–Trinajstić information content (AvgIpc) is 1.10. The van der Waals surface area contributed by atoms with E-state index >= 15 is 0 Å². The number of thiazole rings is 1. The molecule has 3 aromatic carbocycles. The number of ether oxygens (including phenoxy) is 2. The number of piperazine rings is 1. The molecule has 1 aliphatic carbocycles. The number of sulfonamides is 1. The highest BCUT2D eigenvalue weighted by molar-refractivity contribution is 7.90. The minimum Gasteiger partial charge on any atom is -0.455 e. The molecule has 3 aliphatic heterocycles. The number of aromatic nitrogens is 4. The van der Waals surface area contributed by atoms with Gasteiger partial charge in [-0.1, -0.05) is 54.5 Å². The van der Waals surface area contributed by atoms with E-state index < -0.39 is 61.0 Å². The zero-order valence-corrected chi connectivity index (χ0v) is 53.4. The first-order valence-electron chi connectivity index (χ1n) is 30.0. The van der Waals surface area contributed by atoms with Crippen molar-refractivity contribution >= 4 is 89.6 Å². The predicted molar refractivity (Wildman–Crippen MR) is 344 cm³/mol. The summed E-state index contributed by atoms with van der Waals surface area (Å²) >= 11 is 7.38. The van der Waals surface area contributed by atoms with Crippen molar-refractivity contribution in [1.82, 2.24) is 34.5 Å². The third-order valence-corrected chi connectivity index (χ3v) is 19.9. The van der Waals surface area contributed by atoms with Gasteiger partial charge >= 0.3 is 12.2 Å². The maximum Gasteiger partial charge on any atom is 0.399 e. The number of nitro benzene ring substituents is 1. The van der Waals surface area contributed by atoms with E-state index in [1.165, 1.54) is 52.2 Å². The summed E-state index contributed by atoms with van der Waals surface area (Å²) in [6, 6.07) is 22.3. The molecule has 4 aliphatic rings. The predicted octanol–water partition coefficient (Wildman–Crippen LogP) is 12.5. The molecule has 91 heavy (non-hydrogen) atoms. The zero-order chi connectivity index (χ0) is 65.0. The van der Waals surface area contributed by atoms with Gasteiger partial charge in [0.1, 0.15) is 34.3 Å². The summed E-state index contributed by atoms with van der Waals surface area (Å²) in [5, 5.41) is 19.6. The Labute approximate surface area is 534 Å². The fourth-order valence-electron chi connectivity index (χ4n) is 11.6. The second kappa shape index (κ2) is 27.3. The number of carbonyl (C=O) groups excluding carboxylic acids is 3. The third kappa shape index (κ3) is 15.6. The second-order valence-corrected chi connectivity index (χ2v) is 27.7. The molecule has 3 saturated heterocycles. The van der Waals surface area contributed by atoms with E-state index in [1.54, 1.807) is 43.5 Å². The van der Waals surface area contributed by atoms with E-state index in [4.69, 9.17) is 26.8 Å². The van der Waals surface area contributed by atoms with Crippen molar-refractivity contribution in [3.05, 3.63) is 147 Å². The van der Waals surface area contributed by atoms with Crippen LogP contribution in [0.25, 0.3) is 27.0 Å². The van der Waals surface area contributed by atoms with Gasteiger partial charge in [0.2, 0.25) is 5.91 Å². The standard InChI is InChI=1S/C45H50ClN7O7S.C19H22F3N5O2S/c1-45(2)15-11-33(39(26-45)31-3-5-34(46)6-4-31)29-51-17-19-52(20-18-51)35-7-9-38(42(24-35)60-36-23-32-12-16-47-43(32)49-28-36)44(54)50-61(57,58)37-8-10-40(41(25-37)53(55)56)48-27-30-13-21-59-22-14-30;1-10-14(11-6-7-24-13(9-11)18(2,3)19(20,21)22)30-16(25-10)26-17(29)27-8-4-5-12(27)15(23)28/h3-10,12,16,23-25,28,30,48H,11,13-15,17-22,26-27,29H2,1-2H3,(H,47,49)(H,50,54);6-7,9,12H,4-5,8H2,1-3H3,(H2,23,28)(H,25,26,29). The van der Waals surface area contributed by atoms with Crippen LogP contribution in [0.4, 0.5) is 40.2 Å². The highest BCUT2D eigenvalue weighted by atomic mass is 35.5. The molecule has 4 amide bonds. The van der Waals surface area contributed by atoms with Crippen molar-refractivity contribution in [3.8, 4) is 21.9 Å². The van der Waals surface area contributed by atoms with Gasteiger partial charge < -0.3 is 35.3 Å². The monoisotopic (exact) mass is 1310 g/mol. The Balaban J connectivity index is 0.000000254. The summed E-state index contributed by atoms with van der Waals surface area (Å²) in [6.45, 7) is 14.7. The average molecular weight is 1310 g/mol. The fourth-order valence-corrected chi connectivity index (χ4v) is 13.7. The molecule has 6 N–H and O–H groups in total. The molecule has 1 atom stereocenters. The molecule has 0 saturated carbocycles. The van der Waals surface area contributed by atoms with Gasteiger partial charge in [0.05, 0.1) is 37.8 Å². The minimum atomic E-state index is -4.55. The highest BCUT2D eigenvalue weighted by Gasteiger charge is 2.49. The van der Waals surface area contributed by atoms with Crippen molar-refractivity contribution in [1.29, 1.82) is 0 Å². The van der Waals surface area contributed by atoms with Gasteiger partial charge in [-0.25, -0.2) is 27.9 Å². The van der Waals surface area contributed by atoms with Gasteiger partial charge in [0.15, 0.2) is 5.13 Å². The summed E-state index contributed by atoms with van der Waals surface area (Å²) in [4.78, 5) is 71.3. The number of carbonyl (C=O) groups is 3. The number of nitrogens with zero attached hydrogens (tertiary/aromatic N) is 7. The number of H-pyrrole nitrogens is 1. The molecule has 4 aromatic heterocycles. The number of alkyl halides is 3. The van der Waals surface area contributed by atoms with Gasteiger partial charge in [-0.15, -0.1) is 0 Å². The lowest BCUT2D eigenvalue weighted by Gasteiger charge is -2.39. The summed E-state index contributed by atoms with van der Waals surface area (Å²) in [7, 11) is -4.55. The van der Waals surface area contributed by atoms with Gasteiger partial charge in [0.25, 0.3) is 21.6 Å². The number of allylic oxidation sites excluding steroid dienone is 1. The molecule has 3 fully saturated rings. The Morgan fingerprint density at radius 2 is 1.69 bits per heavy atom. The van der Waals surface area contributed by atoms with E-state index in [9.17, 15) is 46.1 Å². The number of amides is 4. The number of aromatic amines is 1. The van der Waals surface area contributed by atoms with Crippen LogP contribution in [0.2, 0.25) is 5.02 Å². The number of anilines is 3. The second-order valence-electron chi connectivity index (χ2n) is 24.5.